The third-order valence-electron chi connectivity index (χ3n) is 9.75. The van der Waals surface area contributed by atoms with Crippen LogP contribution in [-0.4, -0.2) is 54.1 Å². The van der Waals surface area contributed by atoms with Gasteiger partial charge in [0.25, 0.3) is 0 Å². The van der Waals surface area contributed by atoms with E-state index in [1.54, 1.807) is 41.1 Å². The summed E-state index contributed by atoms with van der Waals surface area (Å²) in [7, 11) is 0. The van der Waals surface area contributed by atoms with E-state index in [9.17, 15) is 19.8 Å². The number of thioether (sulfide) groups is 1. The number of hydrogen-bond donors (Lipinski definition) is 5. The molecule has 3 atom stereocenters. The van der Waals surface area contributed by atoms with Gasteiger partial charge in [0.1, 0.15) is 5.75 Å². The lowest BCUT2D eigenvalue weighted by Gasteiger charge is -2.36. The van der Waals surface area contributed by atoms with Crippen molar-refractivity contribution < 1.29 is 29.3 Å². The summed E-state index contributed by atoms with van der Waals surface area (Å²) in [5.74, 6) is 0.508. The van der Waals surface area contributed by atoms with Crippen molar-refractivity contribution in [3.05, 3.63) is 144 Å². The number of carbonyl (C=O) groups excluding carboxylic acids is 2. The lowest BCUT2D eigenvalue weighted by molar-refractivity contribution is -0.245. The second-order valence-corrected chi connectivity index (χ2v) is 15.0. The summed E-state index contributed by atoms with van der Waals surface area (Å²) in [6, 6.07) is 37.7. The first-order valence-corrected chi connectivity index (χ1v) is 20.1. The molecule has 0 saturated carbocycles. The highest BCUT2D eigenvalue weighted by Crippen LogP contribution is 2.40. The average molecular weight is 800 g/mol. The summed E-state index contributed by atoms with van der Waals surface area (Å²) in [6.45, 7) is 0.335. The van der Waals surface area contributed by atoms with Crippen LogP contribution in [0.1, 0.15) is 66.8 Å². The molecule has 1 fully saturated rings. The van der Waals surface area contributed by atoms with Crippen LogP contribution in [0.15, 0.2) is 126 Å². The molecule has 14 heteroatoms. The van der Waals surface area contributed by atoms with E-state index < -0.39 is 6.29 Å². The van der Waals surface area contributed by atoms with Crippen molar-refractivity contribution in [2.45, 2.75) is 68.9 Å². The van der Waals surface area contributed by atoms with Gasteiger partial charge in [-0.2, -0.15) is 4.68 Å². The third kappa shape index (κ3) is 10.7. The van der Waals surface area contributed by atoms with Crippen LogP contribution < -0.4 is 16.4 Å². The number of tetrazole rings is 1. The molecule has 2 heterocycles. The number of benzene rings is 5. The molecule has 0 bridgehead atoms. The monoisotopic (exact) mass is 799 g/mol. The number of nitrogens with one attached hydrogen (secondary N) is 2. The van der Waals surface area contributed by atoms with E-state index >= 15 is 0 Å². The molecular weight excluding hydrogens is 755 g/mol. The van der Waals surface area contributed by atoms with Crippen LogP contribution in [0.3, 0.4) is 0 Å². The lowest BCUT2D eigenvalue weighted by Crippen LogP contribution is -2.31. The van der Waals surface area contributed by atoms with Gasteiger partial charge in [0.2, 0.25) is 17.0 Å². The van der Waals surface area contributed by atoms with Gasteiger partial charge in [0.15, 0.2) is 6.29 Å². The topological polar surface area (TPSA) is 187 Å². The van der Waals surface area contributed by atoms with E-state index in [1.807, 2.05) is 72.8 Å². The molecule has 13 nitrogen and oxygen atoms in total. The number of anilines is 2. The summed E-state index contributed by atoms with van der Waals surface area (Å²) < 4.78 is 14.9. The standard InChI is InChI=1S/C44H45N7O6S/c45-38-11-1-2-12-39(38)47-42(55)14-4-3-13-41(54)46-26-30-7-5-8-32(23-30)33-9-6-10-34(24-33)43-56-37(25-40(57-43)31-17-15-29(27-52)16-18-31)28-58-44-48-49-50-51(44)35-19-21-36(53)22-20-35/h1-2,5-12,15-24,37,40,43,52-53H,3-4,13-14,25-28,45H2,(H,46,54)(H,47,55)/t37-,40+,43+/m0/s1. The molecule has 0 unspecified atom stereocenters. The van der Waals surface area contributed by atoms with Crippen molar-refractivity contribution in [1.82, 2.24) is 25.5 Å². The highest BCUT2D eigenvalue weighted by atomic mass is 32.2. The van der Waals surface area contributed by atoms with Crippen molar-refractivity contribution in [1.29, 1.82) is 0 Å². The van der Waals surface area contributed by atoms with Crippen LogP contribution in [0.25, 0.3) is 16.8 Å². The Kier molecular flexibility index (Phi) is 13.4. The fourth-order valence-corrected chi connectivity index (χ4v) is 7.53. The number of aliphatic hydroxyl groups is 1. The fraction of sp³-hybridized carbons (Fsp3) is 0.250. The normalized spacial score (nSPS) is 16.5. The number of phenols is 1. The van der Waals surface area contributed by atoms with Crippen molar-refractivity contribution in [3.8, 4) is 22.6 Å². The van der Waals surface area contributed by atoms with Crippen molar-refractivity contribution in [3.63, 3.8) is 0 Å². The van der Waals surface area contributed by atoms with E-state index in [2.05, 4.69) is 38.3 Å². The number of ether oxygens (including phenoxy) is 2. The van der Waals surface area contributed by atoms with Crippen molar-refractivity contribution in [2.75, 3.05) is 16.8 Å². The van der Waals surface area contributed by atoms with Crippen molar-refractivity contribution >= 4 is 35.0 Å². The van der Waals surface area contributed by atoms with Crippen LogP contribution in [-0.2, 0) is 32.2 Å². The maximum absolute atomic E-state index is 12.7. The maximum Gasteiger partial charge on any atom is 0.224 e. The summed E-state index contributed by atoms with van der Waals surface area (Å²) in [5, 5.41) is 38.1. The Labute approximate surface area is 340 Å². The summed E-state index contributed by atoms with van der Waals surface area (Å²) in [4.78, 5) is 25.0. The van der Waals surface area contributed by atoms with Crippen LogP contribution in [0, 0.1) is 0 Å². The second-order valence-electron chi connectivity index (χ2n) is 14.0. The zero-order chi connectivity index (χ0) is 40.3. The Morgan fingerprint density at radius 3 is 2.33 bits per heavy atom. The number of aliphatic hydroxyl groups excluding tert-OH is 1. The van der Waals surface area contributed by atoms with Crippen LogP contribution in [0.5, 0.6) is 5.75 Å². The minimum atomic E-state index is -0.667. The van der Waals surface area contributed by atoms with Crippen molar-refractivity contribution in [2.24, 2.45) is 0 Å². The molecule has 0 aliphatic carbocycles. The zero-order valence-corrected chi connectivity index (χ0v) is 32.6. The smallest absolute Gasteiger partial charge is 0.224 e. The number of aromatic nitrogens is 4. The number of amides is 2. The molecule has 6 aromatic rings. The summed E-state index contributed by atoms with van der Waals surface area (Å²) in [6.07, 6.45) is 1.24. The SMILES string of the molecule is Nc1ccccc1NC(=O)CCCCC(=O)NCc1cccc(-c2cccc([C@@H]3O[C@H](CSc4nnnn4-c4ccc(O)cc4)C[C@H](c4ccc(CO)cc4)O3)c2)c1. The number of nitrogen functional groups attached to an aromatic ring is 1. The van der Waals surface area contributed by atoms with Gasteiger partial charge in [0.05, 0.1) is 35.9 Å². The molecule has 5 aromatic carbocycles. The van der Waals surface area contributed by atoms with Gasteiger partial charge in [0, 0.05) is 37.1 Å². The van der Waals surface area contributed by atoms with Crippen LogP contribution >= 0.6 is 11.8 Å². The molecule has 1 aliphatic heterocycles. The number of aromatic hydroxyl groups is 1. The number of nitrogens with zero attached hydrogens (tertiary/aromatic N) is 4. The van der Waals surface area contributed by atoms with E-state index in [1.165, 1.54) is 11.8 Å². The Morgan fingerprint density at radius 1 is 0.810 bits per heavy atom. The zero-order valence-electron chi connectivity index (χ0n) is 31.7. The highest BCUT2D eigenvalue weighted by molar-refractivity contribution is 7.99. The Hall–Kier alpha value is -6.06. The minimum absolute atomic E-state index is 0.0408. The van der Waals surface area contributed by atoms with Gasteiger partial charge < -0.3 is 36.1 Å². The predicted molar refractivity (Wildman–Crippen MR) is 222 cm³/mol. The number of carbonyl (C=O) groups is 2. The molecule has 298 valence electrons. The molecule has 1 aliphatic rings. The molecule has 7 rings (SSSR count). The number of nitrogens with two attached hydrogens (primary N) is 1. The van der Waals surface area contributed by atoms with Gasteiger partial charge in [-0.1, -0.05) is 84.6 Å². The maximum atomic E-state index is 12.7. The molecule has 1 saturated heterocycles. The second kappa shape index (κ2) is 19.4. The van der Waals surface area contributed by atoms with Crippen LogP contribution in [0.2, 0.25) is 0 Å². The number of unbranched alkanes of at least 4 members (excludes halogenated alkanes) is 1. The van der Waals surface area contributed by atoms with Crippen LogP contribution in [0.4, 0.5) is 11.4 Å². The summed E-state index contributed by atoms with van der Waals surface area (Å²) >= 11 is 1.48. The largest absolute Gasteiger partial charge is 0.508 e. The first-order valence-electron chi connectivity index (χ1n) is 19.1. The van der Waals surface area contributed by atoms with E-state index in [-0.39, 0.29) is 36.4 Å². The number of phenolic OH excluding ortho intramolecular Hbond substituents is 1. The Morgan fingerprint density at radius 2 is 1.55 bits per heavy atom. The molecule has 0 radical (unpaired) electrons. The van der Waals surface area contributed by atoms with Gasteiger partial charge in [-0.15, -0.1) is 5.10 Å². The fourth-order valence-electron chi connectivity index (χ4n) is 6.62. The third-order valence-corrected chi connectivity index (χ3v) is 10.8. The predicted octanol–water partition coefficient (Wildman–Crippen LogP) is 7.26. The highest BCUT2D eigenvalue weighted by Gasteiger charge is 2.33. The minimum Gasteiger partial charge on any atom is -0.508 e. The molecule has 58 heavy (non-hydrogen) atoms. The molecule has 1 aromatic heterocycles. The first-order chi connectivity index (χ1) is 28.3. The quantitative estimate of drug-likeness (QED) is 0.0377. The van der Waals surface area contributed by atoms with E-state index in [0.717, 1.165) is 39.1 Å². The van der Waals surface area contributed by atoms with Gasteiger partial charge in [-0.25, -0.2) is 0 Å². The van der Waals surface area contributed by atoms with Gasteiger partial charge in [-0.05, 0) is 99.6 Å². The summed E-state index contributed by atoms with van der Waals surface area (Å²) in [5.41, 5.74) is 13.3. The number of hydrogen-bond acceptors (Lipinski definition) is 11. The van der Waals surface area contributed by atoms with Gasteiger partial charge in [-0.3, -0.25) is 9.59 Å². The average Bonchev–Trinajstić information content (AvgIpc) is 3.73. The molecule has 2 amide bonds. The Balaban J connectivity index is 0.976. The molecule has 0 spiro atoms. The molecular formula is C44H45N7O6S. The van der Waals surface area contributed by atoms with Gasteiger partial charge >= 0.3 is 0 Å². The first kappa shape index (κ1) is 40.1. The van der Waals surface area contributed by atoms with E-state index in [4.69, 9.17) is 15.2 Å². The lowest BCUT2D eigenvalue weighted by atomic mass is 9.99. The number of rotatable bonds is 16. The Bertz CT molecular complexity index is 2300. The number of para-hydroxylation sites is 2. The molecule has 6 N–H and O–H groups in total. The van der Waals surface area contributed by atoms with E-state index in [0.29, 0.717) is 60.9 Å².